The molecule has 2 aromatic carbocycles. The number of hydrogen-bond donors (Lipinski definition) is 1. The van der Waals surface area contributed by atoms with E-state index in [0.717, 1.165) is 0 Å². The smallest absolute Gasteiger partial charge is 0.398 e. The van der Waals surface area contributed by atoms with Crippen LogP contribution in [0.5, 0.6) is 23.0 Å². The Balaban J connectivity index is 2.26. The molecule has 0 fully saturated rings. The standard InChI is InChI=1S/C18H20NO7P/c1-22-13-4-8-15(9-5-13)25-18(27-21,19-12-17(20)24-3)26-16-10-6-14(23-2)7-11-16/h4-11,19H,12H2,1-3H3. The van der Waals surface area contributed by atoms with E-state index >= 15 is 0 Å². The first kappa shape index (κ1) is 20.5. The highest BCUT2D eigenvalue weighted by Crippen LogP contribution is 2.30. The molecule has 2 aromatic rings. The van der Waals surface area contributed by atoms with E-state index in [1.165, 1.54) is 7.11 Å². The van der Waals surface area contributed by atoms with Gasteiger partial charge >= 0.3 is 11.6 Å². The first-order valence-electron chi connectivity index (χ1n) is 7.86. The molecule has 0 aliphatic carbocycles. The summed E-state index contributed by atoms with van der Waals surface area (Å²) in [5, 5.41) is 2.68. The highest BCUT2D eigenvalue weighted by Gasteiger charge is 2.37. The lowest BCUT2D eigenvalue weighted by molar-refractivity contribution is -0.142. The second-order valence-corrected chi connectivity index (χ2v) is 5.93. The maximum atomic E-state index is 12.0. The number of carbonyl (C=O) groups is 1. The maximum Gasteiger partial charge on any atom is 0.398 e. The molecular weight excluding hydrogens is 373 g/mol. The fourth-order valence-corrected chi connectivity index (χ4v) is 2.45. The van der Waals surface area contributed by atoms with Crippen LogP contribution in [0, 0.1) is 0 Å². The van der Waals surface area contributed by atoms with Crippen molar-refractivity contribution in [3.8, 4) is 23.0 Å². The molecule has 0 amide bonds. The van der Waals surface area contributed by atoms with Crippen LogP contribution in [-0.2, 0) is 14.1 Å². The number of nitrogens with one attached hydrogen (secondary N) is 1. The highest BCUT2D eigenvalue weighted by molar-refractivity contribution is 7.25. The fourth-order valence-electron chi connectivity index (χ4n) is 2.03. The summed E-state index contributed by atoms with van der Waals surface area (Å²) in [6.07, 6.45) is 0. The van der Waals surface area contributed by atoms with Crippen LogP contribution < -0.4 is 24.3 Å². The largest absolute Gasteiger partial charge is 0.497 e. The van der Waals surface area contributed by atoms with E-state index in [0.29, 0.717) is 23.0 Å². The predicted molar refractivity (Wildman–Crippen MR) is 97.6 cm³/mol. The third-order valence-electron chi connectivity index (χ3n) is 3.44. The minimum atomic E-state index is -1.85. The van der Waals surface area contributed by atoms with E-state index in [1.807, 2.05) is 0 Å². The molecule has 0 saturated heterocycles. The van der Waals surface area contributed by atoms with Gasteiger partial charge in [-0.2, -0.15) is 0 Å². The van der Waals surface area contributed by atoms with Crippen molar-refractivity contribution in [2.24, 2.45) is 0 Å². The van der Waals surface area contributed by atoms with Crippen LogP contribution in [0.25, 0.3) is 0 Å². The lowest BCUT2D eigenvalue weighted by atomic mass is 10.3. The van der Waals surface area contributed by atoms with Gasteiger partial charge in [-0.15, -0.1) is 0 Å². The number of hydrogen-bond acceptors (Lipinski definition) is 8. The summed E-state index contributed by atoms with van der Waals surface area (Å²) in [5.41, 5.74) is -1.85. The van der Waals surface area contributed by atoms with E-state index in [1.54, 1.807) is 62.8 Å². The normalized spacial score (nSPS) is 10.9. The van der Waals surface area contributed by atoms with Gasteiger partial charge in [-0.3, -0.25) is 9.36 Å². The minimum Gasteiger partial charge on any atom is -0.497 e. The molecule has 0 saturated carbocycles. The van der Waals surface area contributed by atoms with Gasteiger partial charge in [0.15, 0.2) is 0 Å². The van der Waals surface area contributed by atoms with E-state index < -0.39 is 20.1 Å². The summed E-state index contributed by atoms with van der Waals surface area (Å²) >= 11 is 0. The molecule has 0 bridgehead atoms. The van der Waals surface area contributed by atoms with Gasteiger partial charge in [0, 0.05) is 0 Å². The van der Waals surface area contributed by atoms with Crippen molar-refractivity contribution in [2.45, 2.75) is 5.65 Å². The second kappa shape index (κ2) is 9.75. The number of carbonyl (C=O) groups excluding carboxylic acids is 1. The Kier molecular flexibility index (Phi) is 7.40. The molecule has 0 spiro atoms. The molecule has 0 heterocycles. The Morgan fingerprint density at radius 3 is 1.59 bits per heavy atom. The van der Waals surface area contributed by atoms with Gasteiger partial charge in [0.1, 0.15) is 29.5 Å². The van der Waals surface area contributed by atoms with Gasteiger partial charge in [-0.05, 0) is 48.5 Å². The van der Waals surface area contributed by atoms with Gasteiger partial charge in [-0.1, -0.05) is 0 Å². The van der Waals surface area contributed by atoms with Crippen molar-refractivity contribution >= 4 is 14.4 Å². The molecule has 0 atom stereocenters. The quantitative estimate of drug-likeness (QED) is 0.374. The van der Waals surface area contributed by atoms with Gasteiger partial charge in [0.05, 0.1) is 21.3 Å². The van der Waals surface area contributed by atoms with Crippen molar-refractivity contribution < 1.29 is 33.0 Å². The Morgan fingerprint density at radius 1 is 0.852 bits per heavy atom. The zero-order chi connectivity index (χ0) is 19.7. The van der Waals surface area contributed by atoms with Gasteiger partial charge in [0.25, 0.3) is 8.46 Å². The van der Waals surface area contributed by atoms with Crippen LogP contribution in [0.4, 0.5) is 0 Å². The van der Waals surface area contributed by atoms with E-state index in [2.05, 4.69) is 10.1 Å². The van der Waals surface area contributed by atoms with Crippen molar-refractivity contribution in [3.63, 3.8) is 0 Å². The molecule has 0 aliphatic heterocycles. The van der Waals surface area contributed by atoms with Crippen LogP contribution in [0.1, 0.15) is 0 Å². The summed E-state index contributed by atoms with van der Waals surface area (Å²) in [5.74, 6) is 1.40. The van der Waals surface area contributed by atoms with Gasteiger partial charge < -0.3 is 23.7 Å². The lowest BCUT2D eigenvalue weighted by Gasteiger charge is -2.29. The SMILES string of the molecule is COC(=O)CNC(Oc1ccc(OC)cc1)(Oc1ccc(OC)cc1)P=O. The number of ether oxygens (including phenoxy) is 5. The Labute approximate surface area is 158 Å². The average Bonchev–Trinajstić information content (AvgIpc) is 2.72. The summed E-state index contributed by atoms with van der Waals surface area (Å²) < 4.78 is 38.3. The maximum absolute atomic E-state index is 12.0. The summed E-state index contributed by atoms with van der Waals surface area (Å²) in [4.78, 5) is 11.5. The Bertz CT molecular complexity index is 700. The van der Waals surface area contributed by atoms with Crippen LogP contribution in [-0.4, -0.2) is 39.5 Å². The van der Waals surface area contributed by atoms with Crippen LogP contribution in [0.3, 0.4) is 0 Å². The molecule has 0 aromatic heterocycles. The monoisotopic (exact) mass is 393 g/mol. The minimum absolute atomic E-state index is 0.280. The van der Waals surface area contributed by atoms with Crippen LogP contribution >= 0.6 is 8.46 Å². The van der Waals surface area contributed by atoms with Gasteiger partial charge in [-0.25, -0.2) is 5.32 Å². The first-order chi connectivity index (χ1) is 13.0. The fraction of sp³-hybridized carbons (Fsp3) is 0.278. The summed E-state index contributed by atoms with van der Waals surface area (Å²) in [6, 6.07) is 13.2. The number of methoxy groups -OCH3 is 3. The van der Waals surface area contributed by atoms with Crippen LogP contribution in [0.15, 0.2) is 48.5 Å². The van der Waals surface area contributed by atoms with Crippen molar-refractivity contribution in [1.82, 2.24) is 5.32 Å². The van der Waals surface area contributed by atoms with E-state index in [9.17, 15) is 9.36 Å². The molecule has 0 unspecified atom stereocenters. The third kappa shape index (κ3) is 5.84. The second-order valence-electron chi connectivity index (χ2n) is 5.16. The van der Waals surface area contributed by atoms with Gasteiger partial charge in [0.2, 0.25) is 0 Å². The molecule has 8 nitrogen and oxygen atoms in total. The molecule has 1 N–H and O–H groups in total. The number of benzene rings is 2. The van der Waals surface area contributed by atoms with E-state index in [-0.39, 0.29) is 6.54 Å². The van der Waals surface area contributed by atoms with Crippen molar-refractivity contribution in [1.29, 1.82) is 0 Å². The number of rotatable bonds is 10. The molecule has 9 heteroatoms. The number of esters is 1. The predicted octanol–water partition coefficient (Wildman–Crippen LogP) is 2.83. The zero-order valence-electron chi connectivity index (χ0n) is 15.1. The average molecular weight is 393 g/mol. The third-order valence-corrected chi connectivity index (χ3v) is 4.02. The summed E-state index contributed by atoms with van der Waals surface area (Å²) in [7, 11) is 3.78. The lowest BCUT2D eigenvalue weighted by Crippen LogP contribution is -2.52. The molecule has 27 heavy (non-hydrogen) atoms. The molecule has 2 rings (SSSR count). The molecule has 0 aliphatic rings. The zero-order valence-corrected chi connectivity index (χ0v) is 16.0. The van der Waals surface area contributed by atoms with Crippen LogP contribution in [0.2, 0.25) is 0 Å². The van der Waals surface area contributed by atoms with Crippen molar-refractivity contribution in [3.05, 3.63) is 48.5 Å². The highest BCUT2D eigenvalue weighted by atomic mass is 31.1. The molecule has 144 valence electrons. The van der Waals surface area contributed by atoms with Crippen molar-refractivity contribution in [2.75, 3.05) is 27.9 Å². The molecular formula is C18H20NO7P. The first-order valence-corrected chi connectivity index (χ1v) is 8.68. The Morgan fingerprint density at radius 2 is 1.26 bits per heavy atom. The molecule has 0 radical (unpaired) electrons. The van der Waals surface area contributed by atoms with E-state index in [4.69, 9.17) is 18.9 Å². The summed E-state index contributed by atoms with van der Waals surface area (Å²) in [6.45, 7) is -0.280. The topological polar surface area (TPSA) is 92.3 Å². The Hall–Kier alpha value is -2.83.